The molecule has 0 saturated heterocycles. The van der Waals surface area contributed by atoms with Gasteiger partial charge in [0.2, 0.25) is 0 Å². The van der Waals surface area contributed by atoms with Crippen LogP contribution in [0.5, 0.6) is 0 Å². The first-order valence-corrected chi connectivity index (χ1v) is 7.52. The second-order valence-electron chi connectivity index (χ2n) is 5.26. The Morgan fingerprint density at radius 1 is 1.12 bits per heavy atom. The largest absolute Gasteiger partial charge is 0.389 e. The molecule has 4 nitrogen and oxygen atoms in total. The van der Waals surface area contributed by atoms with Crippen LogP contribution in [0, 0.1) is 0 Å². The average molecular weight is 251 g/mol. The summed E-state index contributed by atoms with van der Waals surface area (Å²) in [6, 6.07) is 0. The molecule has 0 aromatic heterocycles. The van der Waals surface area contributed by atoms with Gasteiger partial charge in [0.1, 0.15) is 0 Å². The minimum atomic E-state index is -2.94. The van der Waals surface area contributed by atoms with E-state index in [1.807, 2.05) is 20.8 Å². The summed E-state index contributed by atoms with van der Waals surface area (Å²) in [6.45, 7) is 9.37. The molecule has 0 unspecified atom stereocenters. The quantitative estimate of drug-likeness (QED) is 0.707. The van der Waals surface area contributed by atoms with Crippen LogP contribution in [0.1, 0.15) is 41.0 Å². The fourth-order valence-electron chi connectivity index (χ4n) is 1.15. The van der Waals surface area contributed by atoms with Crippen molar-refractivity contribution in [3.8, 4) is 0 Å². The summed E-state index contributed by atoms with van der Waals surface area (Å²) in [5.74, 6) is 0.359. The van der Waals surface area contributed by atoms with Crippen LogP contribution in [0.25, 0.3) is 0 Å². The van der Waals surface area contributed by atoms with Crippen LogP contribution in [-0.4, -0.2) is 42.7 Å². The minimum absolute atomic E-state index is 0.125. The molecule has 0 heterocycles. The lowest BCUT2D eigenvalue weighted by Gasteiger charge is -2.38. The van der Waals surface area contributed by atoms with Gasteiger partial charge in [0, 0.05) is 17.8 Å². The van der Waals surface area contributed by atoms with Crippen molar-refractivity contribution >= 4 is 9.84 Å². The molecule has 0 atom stereocenters. The highest BCUT2D eigenvalue weighted by atomic mass is 32.2. The fraction of sp³-hybridized carbons (Fsp3) is 1.00. The van der Waals surface area contributed by atoms with Gasteiger partial charge in [-0.25, -0.2) is 8.42 Å². The molecule has 0 amide bonds. The lowest BCUT2D eigenvalue weighted by Crippen LogP contribution is -2.56. The Morgan fingerprint density at radius 2 is 1.62 bits per heavy atom. The molecule has 0 radical (unpaired) electrons. The highest BCUT2D eigenvalue weighted by Gasteiger charge is 2.34. The Hall–Kier alpha value is -0.130. The van der Waals surface area contributed by atoms with Crippen molar-refractivity contribution < 1.29 is 13.5 Å². The zero-order valence-electron chi connectivity index (χ0n) is 11.0. The highest BCUT2D eigenvalue weighted by Crippen LogP contribution is 2.20. The van der Waals surface area contributed by atoms with Crippen LogP contribution in [0.3, 0.4) is 0 Å². The maximum Gasteiger partial charge on any atom is 0.151 e. The molecule has 0 aliphatic heterocycles. The van der Waals surface area contributed by atoms with Gasteiger partial charge >= 0.3 is 0 Å². The maximum atomic E-state index is 11.5. The van der Waals surface area contributed by atoms with Crippen LogP contribution in [0.4, 0.5) is 0 Å². The van der Waals surface area contributed by atoms with E-state index in [1.54, 1.807) is 13.8 Å². The van der Waals surface area contributed by atoms with Crippen LogP contribution < -0.4 is 5.32 Å². The number of hydrogen-bond donors (Lipinski definition) is 2. The lowest BCUT2D eigenvalue weighted by molar-refractivity contribution is -0.00346. The third kappa shape index (κ3) is 5.27. The van der Waals surface area contributed by atoms with E-state index in [0.29, 0.717) is 13.0 Å². The molecule has 2 N–H and O–H groups in total. The molecule has 0 rings (SSSR count). The molecule has 16 heavy (non-hydrogen) atoms. The Balaban J connectivity index is 4.19. The first kappa shape index (κ1) is 15.9. The van der Waals surface area contributed by atoms with Gasteiger partial charge in [-0.2, -0.15) is 0 Å². The molecule has 0 saturated carbocycles. The van der Waals surface area contributed by atoms with Crippen LogP contribution in [-0.2, 0) is 9.84 Å². The Kier molecular flexibility index (Phi) is 5.42. The molecule has 0 aromatic carbocycles. The first-order valence-electron chi connectivity index (χ1n) is 5.69. The topological polar surface area (TPSA) is 66.4 Å². The molecule has 0 aliphatic carbocycles. The monoisotopic (exact) mass is 251 g/mol. The fourth-order valence-corrected chi connectivity index (χ4v) is 2.39. The van der Waals surface area contributed by atoms with Gasteiger partial charge in [0.05, 0.1) is 11.4 Å². The van der Waals surface area contributed by atoms with Crippen LogP contribution in [0.15, 0.2) is 0 Å². The van der Waals surface area contributed by atoms with Gasteiger partial charge < -0.3 is 10.4 Å². The Morgan fingerprint density at radius 3 is 2.00 bits per heavy atom. The lowest BCUT2D eigenvalue weighted by atomic mass is 9.86. The zero-order chi connectivity index (χ0) is 13.0. The summed E-state index contributed by atoms with van der Waals surface area (Å²) in [7, 11) is -2.94. The van der Waals surface area contributed by atoms with Crippen LogP contribution >= 0.6 is 0 Å². The summed E-state index contributed by atoms with van der Waals surface area (Å²) in [5.41, 5.74) is -1.39. The molecule has 0 bridgehead atoms. The van der Waals surface area contributed by atoms with E-state index >= 15 is 0 Å². The molecule has 5 heteroatoms. The first-order chi connectivity index (χ1) is 7.02. The predicted molar refractivity (Wildman–Crippen MR) is 67.3 cm³/mol. The van der Waals surface area contributed by atoms with Crippen molar-refractivity contribution in [2.24, 2.45) is 0 Å². The van der Waals surface area contributed by atoms with Crippen molar-refractivity contribution in [1.82, 2.24) is 5.32 Å². The predicted octanol–water partition coefficient (Wildman–Crippen LogP) is 0.950. The van der Waals surface area contributed by atoms with E-state index in [0.717, 1.165) is 0 Å². The molecule has 0 aromatic rings. The van der Waals surface area contributed by atoms with E-state index < -0.39 is 21.0 Å². The van der Waals surface area contributed by atoms with Crippen molar-refractivity contribution in [3.63, 3.8) is 0 Å². The van der Waals surface area contributed by atoms with E-state index in [9.17, 15) is 13.5 Å². The average Bonchev–Trinajstić information content (AvgIpc) is 2.00. The molecular weight excluding hydrogens is 226 g/mol. The van der Waals surface area contributed by atoms with Gasteiger partial charge in [-0.3, -0.25) is 0 Å². The normalized spacial score (nSPS) is 14.1. The van der Waals surface area contributed by atoms with E-state index in [4.69, 9.17) is 0 Å². The van der Waals surface area contributed by atoms with E-state index in [2.05, 4.69) is 5.32 Å². The summed E-state index contributed by atoms with van der Waals surface area (Å²) < 4.78 is 22.9. The SMILES string of the molecule is CCCS(=O)(=O)CCNC(C)(C)C(C)(C)O. The van der Waals surface area contributed by atoms with Gasteiger partial charge in [-0.1, -0.05) is 6.92 Å². The highest BCUT2D eigenvalue weighted by molar-refractivity contribution is 7.91. The summed E-state index contributed by atoms with van der Waals surface area (Å²) in [5, 5.41) is 13.0. The summed E-state index contributed by atoms with van der Waals surface area (Å²) in [6.07, 6.45) is 0.650. The molecule has 0 fully saturated rings. The molecule has 0 aliphatic rings. The summed E-state index contributed by atoms with van der Waals surface area (Å²) in [4.78, 5) is 0. The van der Waals surface area contributed by atoms with Crippen LogP contribution in [0.2, 0.25) is 0 Å². The van der Waals surface area contributed by atoms with E-state index in [-0.39, 0.29) is 11.5 Å². The second kappa shape index (κ2) is 5.47. The van der Waals surface area contributed by atoms with E-state index in [1.165, 1.54) is 0 Å². The molecule has 0 spiro atoms. The Labute approximate surface area is 99.4 Å². The third-order valence-corrected chi connectivity index (χ3v) is 4.88. The van der Waals surface area contributed by atoms with Gasteiger partial charge in [0.25, 0.3) is 0 Å². The van der Waals surface area contributed by atoms with Gasteiger partial charge in [0.15, 0.2) is 9.84 Å². The number of hydrogen-bond acceptors (Lipinski definition) is 4. The number of nitrogens with one attached hydrogen (secondary N) is 1. The second-order valence-corrected chi connectivity index (χ2v) is 7.57. The minimum Gasteiger partial charge on any atom is -0.389 e. The number of sulfone groups is 1. The number of rotatable bonds is 7. The molecule has 98 valence electrons. The molecular formula is C11H25NO3S. The smallest absolute Gasteiger partial charge is 0.151 e. The third-order valence-electron chi connectivity index (χ3n) is 3.02. The van der Waals surface area contributed by atoms with Gasteiger partial charge in [-0.15, -0.1) is 0 Å². The van der Waals surface area contributed by atoms with Crippen molar-refractivity contribution in [2.75, 3.05) is 18.1 Å². The van der Waals surface area contributed by atoms with Crippen molar-refractivity contribution in [3.05, 3.63) is 0 Å². The standard InChI is InChI=1S/C11H25NO3S/c1-6-8-16(14,15)9-7-12-10(2,3)11(4,5)13/h12-13H,6-9H2,1-5H3. The summed E-state index contributed by atoms with van der Waals surface area (Å²) >= 11 is 0. The number of aliphatic hydroxyl groups is 1. The zero-order valence-corrected chi connectivity index (χ0v) is 11.8. The van der Waals surface area contributed by atoms with Gasteiger partial charge in [-0.05, 0) is 34.1 Å². The van der Waals surface area contributed by atoms with Crippen molar-refractivity contribution in [2.45, 2.75) is 52.2 Å². The van der Waals surface area contributed by atoms with Crippen molar-refractivity contribution in [1.29, 1.82) is 0 Å². The Bertz CT molecular complexity index is 302. The maximum absolute atomic E-state index is 11.5.